The van der Waals surface area contributed by atoms with Crippen LogP contribution in [0.5, 0.6) is 0 Å². The van der Waals surface area contributed by atoms with Crippen molar-refractivity contribution in [3.8, 4) is 0 Å². The Hall–Kier alpha value is -2.45. The van der Waals surface area contributed by atoms with Crippen molar-refractivity contribution in [2.75, 3.05) is 12.4 Å². The van der Waals surface area contributed by atoms with E-state index < -0.39 is 16.0 Å². The highest BCUT2D eigenvalue weighted by Gasteiger charge is 2.39. The summed E-state index contributed by atoms with van der Waals surface area (Å²) in [6, 6.07) is 10.4. The van der Waals surface area contributed by atoms with Gasteiger partial charge in [-0.05, 0) is 42.3 Å². The Morgan fingerprint density at radius 3 is 2.52 bits per heavy atom. The number of hydrogen-bond acceptors (Lipinski definition) is 5. The van der Waals surface area contributed by atoms with Crippen LogP contribution in [-0.4, -0.2) is 27.5 Å². The molecule has 1 aliphatic carbocycles. The van der Waals surface area contributed by atoms with E-state index in [4.69, 9.17) is 9.88 Å². The van der Waals surface area contributed by atoms with Gasteiger partial charge in [0, 0.05) is 17.6 Å². The molecule has 1 aliphatic rings. The van der Waals surface area contributed by atoms with E-state index in [0.29, 0.717) is 5.69 Å². The number of esters is 1. The topological polar surface area (TPSA) is 98.5 Å². The minimum absolute atomic E-state index is 0.0641. The van der Waals surface area contributed by atoms with Crippen molar-refractivity contribution in [3.05, 3.63) is 59.4 Å². The Labute approximate surface area is 144 Å². The van der Waals surface area contributed by atoms with E-state index in [-0.39, 0.29) is 28.2 Å². The van der Waals surface area contributed by atoms with Crippen LogP contribution in [0.15, 0.2) is 47.4 Å². The average molecular weight is 364 g/mol. The summed E-state index contributed by atoms with van der Waals surface area (Å²) in [5.74, 6) is -0.753. The predicted octanol–water partition coefficient (Wildman–Crippen LogP) is 2.23. The number of hydrogen-bond donors (Lipinski definition) is 2. The van der Waals surface area contributed by atoms with Gasteiger partial charge in [0.2, 0.25) is 10.0 Å². The fraction of sp³-hybridized carbons (Fsp3) is 0.235. The van der Waals surface area contributed by atoms with Crippen LogP contribution in [0.25, 0.3) is 0 Å². The van der Waals surface area contributed by atoms with Crippen molar-refractivity contribution >= 4 is 21.7 Å². The van der Waals surface area contributed by atoms with Crippen LogP contribution in [-0.2, 0) is 14.8 Å². The quantitative estimate of drug-likeness (QED) is 0.793. The van der Waals surface area contributed by atoms with Crippen LogP contribution in [0.2, 0.25) is 0 Å². The summed E-state index contributed by atoms with van der Waals surface area (Å²) in [6.07, 6.45) is 0.823. The molecule has 0 spiro atoms. The van der Waals surface area contributed by atoms with E-state index in [0.717, 1.165) is 12.0 Å². The lowest BCUT2D eigenvalue weighted by Crippen LogP contribution is -2.15. The Morgan fingerprint density at radius 2 is 1.92 bits per heavy atom. The summed E-state index contributed by atoms with van der Waals surface area (Å²) in [5.41, 5.74) is 1.56. The number of carbonyl (C=O) groups is 1. The molecule has 1 saturated carbocycles. The molecular formula is C17H17FN2O4S. The first-order valence-corrected chi connectivity index (χ1v) is 9.11. The molecule has 3 N–H and O–H groups in total. The normalized spacial score (nSPS) is 19.3. The van der Waals surface area contributed by atoms with Crippen molar-refractivity contribution in [3.63, 3.8) is 0 Å². The van der Waals surface area contributed by atoms with E-state index in [1.54, 1.807) is 12.1 Å². The molecule has 0 unspecified atom stereocenters. The second kappa shape index (κ2) is 6.45. The van der Waals surface area contributed by atoms with Crippen LogP contribution in [0, 0.1) is 5.82 Å². The van der Waals surface area contributed by atoms with Gasteiger partial charge >= 0.3 is 5.97 Å². The molecule has 0 aromatic heterocycles. The SMILES string of the molecule is COC(=O)c1cc(S(N)(=O)=O)ccc1N[C@@H]1C[C@H]1c1ccc(F)cc1. The van der Waals surface area contributed by atoms with E-state index >= 15 is 0 Å². The van der Waals surface area contributed by atoms with Gasteiger partial charge in [0.15, 0.2) is 0 Å². The van der Waals surface area contributed by atoms with Crippen molar-refractivity contribution in [1.29, 1.82) is 0 Å². The lowest BCUT2D eigenvalue weighted by molar-refractivity contribution is 0.0601. The maximum absolute atomic E-state index is 13.0. The van der Waals surface area contributed by atoms with Gasteiger partial charge in [-0.2, -0.15) is 0 Å². The number of benzene rings is 2. The smallest absolute Gasteiger partial charge is 0.340 e. The third-order valence-electron chi connectivity index (χ3n) is 4.15. The van der Waals surface area contributed by atoms with Crippen LogP contribution < -0.4 is 10.5 Å². The summed E-state index contributed by atoms with van der Waals surface area (Å²) >= 11 is 0. The van der Waals surface area contributed by atoms with Gasteiger partial charge in [-0.25, -0.2) is 22.7 Å². The Bertz CT molecular complexity index is 913. The van der Waals surface area contributed by atoms with Gasteiger partial charge < -0.3 is 10.1 Å². The molecule has 2 aromatic carbocycles. The van der Waals surface area contributed by atoms with Gasteiger partial charge in [-0.15, -0.1) is 0 Å². The maximum atomic E-state index is 13.0. The average Bonchev–Trinajstić information content (AvgIpc) is 3.33. The Balaban J connectivity index is 1.83. The number of carbonyl (C=O) groups excluding carboxylic acids is 1. The zero-order valence-corrected chi connectivity index (χ0v) is 14.2. The predicted molar refractivity (Wildman–Crippen MR) is 90.3 cm³/mol. The van der Waals surface area contributed by atoms with E-state index in [1.807, 2.05) is 0 Å². The highest BCUT2D eigenvalue weighted by Crippen LogP contribution is 2.43. The van der Waals surface area contributed by atoms with E-state index in [9.17, 15) is 17.6 Å². The molecule has 25 heavy (non-hydrogen) atoms. The minimum atomic E-state index is -3.93. The molecule has 3 rings (SSSR count). The first kappa shape index (κ1) is 17.4. The first-order valence-electron chi connectivity index (χ1n) is 7.57. The van der Waals surface area contributed by atoms with E-state index in [1.165, 1.54) is 37.4 Å². The van der Waals surface area contributed by atoms with Crippen molar-refractivity contribution in [1.82, 2.24) is 0 Å². The molecule has 8 heteroatoms. The lowest BCUT2D eigenvalue weighted by atomic mass is 10.1. The molecule has 0 aliphatic heterocycles. The van der Waals surface area contributed by atoms with Gasteiger partial charge in [0.05, 0.1) is 17.6 Å². The highest BCUT2D eigenvalue weighted by molar-refractivity contribution is 7.89. The third-order valence-corrected chi connectivity index (χ3v) is 5.07. The van der Waals surface area contributed by atoms with Crippen LogP contribution >= 0.6 is 0 Å². The molecule has 2 atom stereocenters. The summed E-state index contributed by atoms with van der Waals surface area (Å²) in [4.78, 5) is 11.8. The van der Waals surface area contributed by atoms with Gasteiger partial charge in [-0.3, -0.25) is 0 Å². The summed E-state index contributed by atoms with van der Waals surface area (Å²) in [5, 5.41) is 8.32. The Morgan fingerprint density at radius 1 is 1.24 bits per heavy atom. The number of halogens is 1. The lowest BCUT2D eigenvalue weighted by Gasteiger charge is -2.12. The number of anilines is 1. The zero-order valence-electron chi connectivity index (χ0n) is 13.4. The molecule has 1 fully saturated rings. The van der Waals surface area contributed by atoms with Gasteiger partial charge in [-0.1, -0.05) is 12.1 Å². The number of primary sulfonamides is 1. The molecule has 2 aromatic rings. The number of methoxy groups -OCH3 is 1. The van der Waals surface area contributed by atoms with E-state index in [2.05, 4.69) is 5.32 Å². The molecule has 132 valence electrons. The van der Waals surface area contributed by atoms with Gasteiger partial charge in [0.1, 0.15) is 5.82 Å². The molecular weight excluding hydrogens is 347 g/mol. The monoisotopic (exact) mass is 364 g/mol. The zero-order chi connectivity index (χ0) is 18.2. The minimum Gasteiger partial charge on any atom is -0.465 e. The second-order valence-corrected chi connectivity index (χ2v) is 7.45. The van der Waals surface area contributed by atoms with Crippen LogP contribution in [0.1, 0.15) is 28.3 Å². The standard InChI is InChI=1S/C17H17FN2O4S/c1-24-17(21)14-8-12(25(19,22)23)6-7-15(14)20-16-9-13(16)10-2-4-11(18)5-3-10/h2-8,13,16,20H,9H2,1H3,(H2,19,22,23)/t13-,16+/m0/s1. The molecule has 0 amide bonds. The molecule has 0 heterocycles. The Kier molecular flexibility index (Phi) is 4.49. The third kappa shape index (κ3) is 3.80. The number of rotatable bonds is 5. The second-order valence-electron chi connectivity index (χ2n) is 5.89. The summed E-state index contributed by atoms with van der Waals surface area (Å²) < 4.78 is 40.7. The number of nitrogens with one attached hydrogen (secondary N) is 1. The van der Waals surface area contributed by atoms with Crippen LogP contribution in [0.4, 0.5) is 10.1 Å². The molecule has 6 nitrogen and oxygen atoms in total. The number of nitrogens with two attached hydrogens (primary N) is 1. The fourth-order valence-electron chi connectivity index (χ4n) is 2.74. The highest BCUT2D eigenvalue weighted by atomic mass is 32.2. The summed E-state index contributed by atoms with van der Waals surface area (Å²) in [7, 11) is -2.71. The molecule has 0 bridgehead atoms. The van der Waals surface area contributed by atoms with Crippen molar-refractivity contribution in [2.24, 2.45) is 5.14 Å². The van der Waals surface area contributed by atoms with Crippen LogP contribution in [0.3, 0.4) is 0 Å². The fourth-order valence-corrected chi connectivity index (χ4v) is 3.28. The number of ether oxygens (including phenoxy) is 1. The number of sulfonamides is 1. The van der Waals surface area contributed by atoms with Crippen molar-refractivity contribution in [2.45, 2.75) is 23.3 Å². The molecule has 0 radical (unpaired) electrons. The summed E-state index contributed by atoms with van der Waals surface area (Å²) in [6.45, 7) is 0. The molecule has 0 saturated heterocycles. The maximum Gasteiger partial charge on any atom is 0.340 e. The van der Waals surface area contributed by atoms with Crippen molar-refractivity contribution < 1.29 is 22.3 Å². The van der Waals surface area contributed by atoms with Gasteiger partial charge in [0.25, 0.3) is 0 Å². The first-order chi connectivity index (χ1) is 11.8. The largest absolute Gasteiger partial charge is 0.465 e.